The molecule has 166 valence electrons. The largest absolute Gasteiger partial charge is 0.493 e. The summed E-state index contributed by atoms with van der Waals surface area (Å²) in [4.78, 5) is 25.5. The van der Waals surface area contributed by atoms with E-state index >= 15 is 0 Å². The van der Waals surface area contributed by atoms with Gasteiger partial charge in [-0.3, -0.25) is 14.9 Å². The maximum Gasteiger partial charge on any atom is 0.269 e. The second kappa shape index (κ2) is 8.83. The van der Waals surface area contributed by atoms with Crippen LogP contribution in [0.25, 0.3) is 0 Å². The first-order valence-corrected chi connectivity index (χ1v) is 10.1. The highest BCUT2D eigenvalue weighted by atomic mass is 16.6. The Morgan fingerprint density at radius 2 is 1.74 bits per heavy atom. The average molecular weight is 428 g/mol. The predicted molar refractivity (Wildman–Crippen MR) is 116 cm³/mol. The molecule has 1 aliphatic rings. The number of fused-ring (bicyclic) bond motifs is 1. The van der Waals surface area contributed by atoms with Crippen molar-refractivity contribution in [1.29, 1.82) is 0 Å². The van der Waals surface area contributed by atoms with Gasteiger partial charge in [0.05, 0.1) is 25.2 Å². The molecule has 0 aliphatic carbocycles. The van der Waals surface area contributed by atoms with Crippen molar-refractivity contribution in [3.05, 3.63) is 57.6 Å². The first kappa shape index (κ1) is 22.4. The number of rotatable bonds is 6. The second-order valence-corrected chi connectivity index (χ2v) is 8.48. The van der Waals surface area contributed by atoms with Gasteiger partial charge in [0.2, 0.25) is 5.91 Å². The van der Waals surface area contributed by atoms with Crippen molar-refractivity contribution in [2.75, 3.05) is 27.4 Å². The summed E-state index contributed by atoms with van der Waals surface area (Å²) in [6, 6.07) is 9.45. The molecule has 3 rings (SSSR count). The lowest BCUT2D eigenvalue weighted by Gasteiger charge is -2.40. The van der Waals surface area contributed by atoms with Gasteiger partial charge >= 0.3 is 0 Å². The van der Waals surface area contributed by atoms with Crippen molar-refractivity contribution in [3.63, 3.8) is 0 Å². The molecule has 0 spiro atoms. The molecule has 0 aromatic heterocycles. The maximum atomic E-state index is 13.2. The first-order valence-electron chi connectivity index (χ1n) is 10.1. The van der Waals surface area contributed by atoms with Gasteiger partial charge in [0.25, 0.3) is 5.69 Å². The number of hydrogen-bond acceptors (Lipinski definition) is 6. The second-order valence-electron chi connectivity index (χ2n) is 8.48. The van der Waals surface area contributed by atoms with Crippen LogP contribution in [0.4, 0.5) is 5.69 Å². The van der Waals surface area contributed by atoms with Crippen LogP contribution in [0.1, 0.15) is 37.9 Å². The van der Waals surface area contributed by atoms with E-state index in [9.17, 15) is 14.9 Å². The fourth-order valence-electron chi connectivity index (χ4n) is 3.72. The van der Waals surface area contributed by atoms with Crippen molar-refractivity contribution in [2.24, 2.45) is 5.41 Å². The first-order chi connectivity index (χ1) is 14.7. The Bertz CT molecular complexity index is 965. The molecule has 1 amide bonds. The van der Waals surface area contributed by atoms with E-state index in [1.54, 1.807) is 26.4 Å². The van der Waals surface area contributed by atoms with Crippen molar-refractivity contribution >= 4 is 11.6 Å². The lowest BCUT2D eigenvalue weighted by atomic mass is 9.88. The lowest BCUT2D eigenvalue weighted by molar-refractivity contribution is -0.384. The normalized spacial score (nSPS) is 15.8. The van der Waals surface area contributed by atoms with Crippen LogP contribution in [-0.4, -0.2) is 43.1 Å². The summed E-state index contributed by atoms with van der Waals surface area (Å²) < 4.78 is 16.9. The van der Waals surface area contributed by atoms with Crippen LogP contribution >= 0.6 is 0 Å². The highest BCUT2D eigenvalue weighted by Crippen LogP contribution is 2.39. The fraction of sp³-hybridized carbons (Fsp3) is 0.435. The predicted octanol–water partition coefficient (Wildman–Crippen LogP) is 4.16. The molecular formula is C23H28N2O6. The van der Waals surface area contributed by atoms with Crippen molar-refractivity contribution in [3.8, 4) is 17.2 Å². The van der Waals surface area contributed by atoms with Gasteiger partial charge < -0.3 is 19.1 Å². The summed E-state index contributed by atoms with van der Waals surface area (Å²) >= 11 is 0. The summed E-state index contributed by atoms with van der Waals surface area (Å²) in [5.74, 6) is 1.77. The van der Waals surface area contributed by atoms with Crippen molar-refractivity contribution in [2.45, 2.75) is 33.2 Å². The molecule has 0 fully saturated rings. The Balaban J connectivity index is 1.95. The Kier molecular flexibility index (Phi) is 6.38. The lowest BCUT2D eigenvalue weighted by Crippen LogP contribution is -2.47. The van der Waals surface area contributed by atoms with Gasteiger partial charge in [-0.25, -0.2) is 0 Å². The molecule has 8 heteroatoms. The number of nitro groups is 1. The third kappa shape index (κ3) is 4.73. The molecule has 0 saturated carbocycles. The molecule has 2 aromatic carbocycles. The molecule has 2 aromatic rings. The topological polar surface area (TPSA) is 91.1 Å². The van der Waals surface area contributed by atoms with Gasteiger partial charge in [0, 0.05) is 24.1 Å². The minimum Gasteiger partial charge on any atom is -0.493 e. The summed E-state index contributed by atoms with van der Waals surface area (Å²) in [7, 11) is 3.17. The number of hydrogen-bond donors (Lipinski definition) is 0. The van der Waals surface area contributed by atoms with Crippen molar-refractivity contribution < 1.29 is 23.9 Å². The Morgan fingerprint density at radius 3 is 2.29 bits per heavy atom. The summed E-state index contributed by atoms with van der Waals surface area (Å²) in [5, 5.41) is 10.9. The van der Waals surface area contributed by atoms with E-state index < -0.39 is 10.3 Å². The SMILES string of the molecule is COc1cc2c(cc1OC)[C@H](COc1ccc([N+](=O)[O-])cc1)N(C(=O)C(C)(C)C)CC2. The quantitative estimate of drug-likeness (QED) is 0.507. The van der Waals surface area contributed by atoms with Crippen LogP contribution in [0.3, 0.4) is 0 Å². The number of benzene rings is 2. The molecule has 0 bridgehead atoms. The van der Waals surface area contributed by atoms with Crippen LogP contribution in [-0.2, 0) is 11.2 Å². The van der Waals surface area contributed by atoms with E-state index in [-0.39, 0.29) is 24.2 Å². The van der Waals surface area contributed by atoms with Crippen LogP contribution in [0.15, 0.2) is 36.4 Å². The molecule has 0 radical (unpaired) electrons. The number of nitrogens with zero attached hydrogens (tertiary/aromatic N) is 2. The zero-order valence-electron chi connectivity index (χ0n) is 18.5. The standard InChI is InChI=1S/C23H28N2O6/c1-23(2,3)22(26)24-11-10-15-12-20(29-4)21(30-5)13-18(15)19(24)14-31-17-8-6-16(7-9-17)25(27)28/h6-9,12-13,19H,10-11,14H2,1-5H3/t19-/m0/s1. The molecule has 1 heterocycles. The number of ether oxygens (including phenoxy) is 3. The number of methoxy groups -OCH3 is 2. The fourth-order valence-corrected chi connectivity index (χ4v) is 3.72. The number of non-ortho nitro benzene ring substituents is 1. The monoisotopic (exact) mass is 428 g/mol. The molecule has 0 saturated heterocycles. The number of carbonyl (C=O) groups excluding carboxylic acids is 1. The van der Waals surface area contributed by atoms with E-state index in [1.807, 2.05) is 37.8 Å². The van der Waals surface area contributed by atoms with Gasteiger partial charge in [-0.1, -0.05) is 20.8 Å². The van der Waals surface area contributed by atoms with Gasteiger partial charge in [-0.2, -0.15) is 0 Å². The molecule has 0 N–H and O–H groups in total. The van der Waals surface area contributed by atoms with E-state index in [2.05, 4.69) is 0 Å². The van der Waals surface area contributed by atoms with Gasteiger partial charge in [0.15, 0.2) is 11.5 Å². The third-order valence-electron chi connectivity index (χ3n) is 5.36. The third-order valence-corrected chi connectivity index (χ3v) is 5.36. The summed E-state index contributed by atoms with van der Waals surface area (Å²) in [6.45, 7) is 6.46. The smallest absolute Gasteiger partial charge is 0.269 e. The number of nitro benzene ring substituents is 1. The van der Waals surface area contributed by atoms with Crippen LogP contribution in [0.2, 0.25) is 0 Å². The number of amides is 1. The van der Waals surface area contributed by atoms with Gasteiger partial charge in [-0.15, -0.1) is 0 Å². The Morgan fingerprint density at radius 1 is 1.13 bits per heavy atom. The zero-order valence-corrected chi connectivity index (χ0v) is 18.5. The summed E-state index contributed by atoms with van der Waals surface area (Å²) in [5.41, 5.74) is 1.48. The van der Waals surface area contributed by atoms with Crippen molar-refractivity contribution in [1.82, 2.24) is 4.90 Å². The molecular weight excluding hydrogens is 400 g/mol. The summed E-state index contributed by atoms with van der Waals surface area (Å²) in [6.07, 6.45) is 0.700. The molecule has 31 heavy (non-hydrogen) atoms. The van der Waals surface area contributed by atoms with Gasteiger partial charge in [-0.05, 0) is 41.8 Å². The Hall–Kier alpha value is -3.29. The minimum atomic E-state index is -0.542. The van der Waals surface area contributed by atoms with E-state index in [1.165, 1.54) is 12.1 Å². The Labute approximate surface area is 181 Å². The van der Waals surface area contributed by atoms with Crippen LogP contribution < -0.4 is 14.2 Å². The highest BCUT2D eigenvalue weighted by Gasteiger charge is 2.37. The van der Waals surface area contributed by atoms with E-state index in [4.69, 9.17) is 14.2 Å². The highest BCUT2D eigenvalue weighted by molar-refractivity contribution is 5.82. The van der Waals surface area contributed by atoms with E-state index in [0.717, 1.165) is 11.1 Å². The van der Waals surface area contributed by atoms with Gasteiger partial charge in [0.1, 0.15) is 12.4 Å². The van der Waals surface area contributed by atoms with Crippen LogP contribution in [0.5, 0.6) is 17.2 Å². The molecule has 8 nitrogen and oxygen atoms in total. The molecule has 1 atom stereocenters. The molecule has 0 unspecified atom stereocenters. The minimum absolute atomic E-state index is 0.00303. The van der Waals surface area contributed by atoms with E-state index in [0.29, 0.717) is 30.2 Å². The average Bonchev–Trinajstić information content (AvgIpc) is 2.75. The van der Waals surface area contributed by atoms with Crippen LogP contribution in [0, 0.1) is 15.5 Å². The maximum absolute atomic E-state index is 13.2. The molecule has 1 aliphatic heterocycles. The number of carbonyl (C=O) groups is 1. The zero-order chi connectivity index (χ0) is 22.8.